The molecule has 1 atom stereocenters. The van der Waals surface area contributed by atoms with Crippen LogP contribution in [-0.4, -0.2) is 18.1 Å². The molecule has 0 aliphatic heterocycles. The van der Waals surface area contributed by atoms with Gasteiger partial charge in [-0.05, 0) is 30.5 Å². The fourth-order valence-corrected chi connectivity index (χ4v) is 1.53. The molecule has 0 bridgehead atoms. The average molecular weight is 193 g/mol. The van der Waals surface area contributed by atoms with Gasteiger partial charge in [0.05, 0.1) is 13.0 Å². The quantitative estimate of drug-likeness (QED) is 0.690. The van der Waals surface area contributed by atoms with Crippen molar-refractivity contribution in [3.8, 4) is 0 Å². The lowest BCUT2D eigenvalue weighted by Crippen LogP contribution is -2.14. The molecule has 3 nitrogen and oxygen atoms in total. The molecule has 76 valence electrons. The van der Waals surface area contributed by atoms with Gasteiger partial charge in [-0.25, -0.2) is 0 Å². The smallest absolute Gasteiger partial charge is 0.313 e. The Morgan fingerprint density at radius 2 is 2.36 bits per heavy atom. The van der Waals surface area contributed by atoms with E-state index in [0.717, 1.165) is 17.5 Å². The number of hydrogen-bond acceptors (Lipinski definition) is 3. The number of carbonyl (C=O) groups excluding carboxylic acids is 1. The highest BCUT2D eigenvalue weighted by Crippen LogP contribution is 2.23. The molecule has 0 N–H and O–H groups in total. The van der Waals surface area contributed by atoms with Gasteiger partial charge in [-0.15, -0.1) is 0 Å². The van der Waals surface area contributed by atoms with E-state index in [0.29, 0.717) is 0 Å². The van der Waals surface area contributed by atoms with Crippen LogP contribution in [0.25, 0.3) is 0 Å². The Bertz CT molecular complexity index is 323. The first-order valence-electron chi connectivity index (χ1n) is 4.69. The largest absolute Gasteiger partial charge is 0.469 e. The summed E-state index contributed by atoms with van der Waals surface area (Å²) >= 11 is 0. The van der Waals surface area contributed by atoms with E-state index in [1.807, 2.05) is 19.9 Å². The maximum Gasteiger partial charge on any atom is 0.313 e. The SMILES string of the molecule is CCC(C(=O)OC)c1ccncc1C. The number of aryl methyl sites for hydroxylation is 1. The van der Waals surface area contributed by atoms with Crippen molar-refractivity contribution in [2.24, 2.45) is 0 Å². The molecule has 1 heterocycles. The summed E-state index contributed by atoms with van der Waals surface area (Å²) in [6.45, 7) is 3.93. The summed E-state index contributed by atoms with van der Waals surface area (Å²) in [6, 6.07) is 1.88. The first kappa shape index (κ1) is 10.7. The van der Waals surface area contributed by atoms with Crippen molar-refractivity contribution in [1.29, 1.82) is 0 Å². The molecule has 1 aromatic heterocycles. The summed E-state index contributed by atoms with van der Waals surface area (Å²) in [6.07, 6.45) is 4.21. The van der Waals surface area contributed by atoms with Crippen molar-refractivity contribution in [1.82, 2.24) is 4.98 Å². The highest BCUT2D eigenvalue weighted by atomic mass is 16.5. The zero-order chi connectivity index (χ0) is 10.6. The minimum Gasteiger partial charge on any atom is -0.469 e. The van der Waals surface area contributed by atoms with Crippen LogP contribution >= 0.6 is 0 Å². The molecule has 1 rings (SSSR count). The van der Waals surface area contributed by atoms with Gasteiger partial charge in [-0.2, -0.15) is 0 Å². The van der Waals surface area contributed by atoms with Gasteiger partial charge in [-0.3, -0.25) is 9.78 Å². The molecule has 0 aliphatic rings. The summed E-state index contributed by atoms with van der Waals surface area (Å²) in [5, 5.41) is 0. The Labute approximate surface area is 84.1 Å². The molecule has 0 aliphatic carbocycles. The Morgan fingerprint density at radius 1 is 1.64 bits per heavy atom. The molecule has 0 fully saturated rings. The first-order valence-corrected chi connectivity index (χ1v) is 4.69. The van der Waals surface area contributed by atoms with Crippen LogP contribution < -0.4 is 0 Å². The number of rotatable bonds is 3. The summed E-state index contributed by atoms with van der Waals surface area (Å²) < 4.78 is 4.75. The average Bonchev–Trinajstić information content (AvgIpc) is 2.21. The normalized spacial score (nSPS) is 12.2. The number of aromatic nitrogens is 1. The molecular formula is C11H15NO2. The number of hydrogen-bond donors (Lipinski definition) is 0. The number of carbonyl (C=O) groups is 1. The molecule has 14 heavy (non-hydrogen) atoms. The lowest BCUT2D eigenvalue weighted by atomic mass is 9.94. The van der Waals surface area contributed by atoms with Crippen LogP contribution in [0.15, 0.2) is 18.5 Å². The minimum atomic E-state index is -0.179. The highest BCUT2D eigenvalue weighted by Gasteiger charge is 2.20. The zero-order valence-corrected chi connectivity index (χ0v) is 8.78. The fourth-order valence-electron chi connectivity index (χ4n) is 1.53. The van der Waals surface area contributed by atoms with Gasteiger partial charge in [0.25, 0.3) is 0 Å². The Kier molecular flexibility index (Phi) is 3.63. The predicted molar refractivity (Wildman–Crippen MR) is 54.0 cm³/mol. The second-order valence-corrected chi connectivity index (χ2v) is 3.22. The van der Waals surface area contributed by atoms with E-state index in [1.54, 1.807) is 12.4 Å². The van der Waals surface area contributed by atoms with Crippen LogP contribution in [0, 0.1) is 6.92 Å². The molecule has 0 amide bonds. The van der Waals surface area contributed by atoms with Crippen LogP contribution in [0.3, 0.4) is 0 Å². The molecule has 1 aromatic rings. The topological polar surface area (TPSA) is 39.2 Å². The zero-order valence-electron chi connectivity index (χ0n) is 8.78. The standard InChI is InChI=1S/C11H15NO2/c1-4-9(11(13)14-3)10-5-6-12-7-8(10)2/h5-7,9H,4H2,1-3H3. The monoisotopic (exact) mass is 193 g/mol. The van der Waals surface area contributed by atoms with E-state index in [9.17, 15) is 4.79 Å². The molecule has 0 saturated carbocycles. The van der Waals surface area contributed by atoms with Gasteiger partial charge >= 0.3 is 5.97 Å². The molecule has 0 saturated heterocycles. The molecule has 0 aromatic carbocycles. The molecule has 1 unspecified atom stereocenters. The Morgan fingerprint density at radius 3 is 2.86 bits per heavy atom. The van der Waals surface area contributed by atoms with E-state index in [4.69, 9.17) is 4.74 Å². The summed E-state index contributed by atoms with van der Waals surface area (Å²) in [7, 11) is 1.42. The third-order valence-corrected chi connectivity index (χ3v) is 2.33. The Hall–Kier alpha value is -1.38. The van der Waals surface area contributed by atoms with Gasteiger partial charge < -0.3 is 4.74 Å². The van der Waals surface area contributed by atoms with Gasteiger partial charge in [0.15, 0.2) is 0 Å². The summed E-state index contributed by atoms with van der Waals surface area (Å²) in [5.41, 5.74) is 2.04. The van der Waals surface area contributed by atoms with Crippen molar-refractivity contribution in [2.75, 3.05) is 7.11 Å². The molecule has 0 spiro atoms. The lowest BCUT2D eigenvalue weighted by Gasteiger charge is -2.14. The lowest BCUT2D eigenvalue weighted by molar-refractivity contribution is -0.142. The van der Waals surface area contributed by atoms with Crippen molar-refractivity contribution in [3.63, 3.8) is 0 Å². The fraction of sp³-hybridized carbons (Fsp3) is 0.455. The van der Waals surface area contributed by atoms with Crippen LogP contribution in [0.5, 0.6) is 0 Å². The molecule has 0 radical (unpaired) electrons. The second-order valence-electron chi connectivity index (χ2n) is 3.22. The number of pyridine rings is 1. The summed E-state index contributed by atoms with van der Waals surface area (Å²) in [4.78, 5) is 15.4. The van der Waals surface area contributed by atoms with Crippen molar-refractivity contribution < 1.29 is 9.53 Å². The molecular weight excluding hydrogens is 178 g/mol. The third-order valence-electron chi connectivity index (χ3n) is 2.33. The maximum atomic E-state index is 11.5. The van der Waals surface area contributed by atoms with Crippen LogP contribution in [0.2, 0.25) is 0 Å². The van der Waals surface area contributed by atoms with Gasteiger partial charge in [0.1, 0.15) is 0 Å². The van der Waals surface area contributed by atoms with Crippen LogP contribution in [0.4, 0.5) is 0 Å². The van der Waals surface area contributed by atoms with Crippen molar-refractivity contribution in [3.05, 3.63) is 29.6 Å². The van der Waals surface area contributed by atoms with Gasteiger partial charge in [0.2, 0.25) is 0 Å². The van der Waals surface area contributed by atoms with Crippen molar-refractivity contribution >= 4 is 5.97 Å². The van der Waals surface area contributed by atoms with Crippen LogP contribution in [0.1, 0.15) is 30.4 Å². The highest BCUT2D eigenvalue weighted by molar-refractivity contribution is 5.78. The number of methoxy groups -OCH3 is 1. The van der Waals surface area contributed by atoms with Gasteiger partial charge in [-0.1, -0.05) is 6.92 Å². The van der Waals surface area contributed by atoms with Crippen LogP contribution in [-0.2, 0) is 9.53 Å². The summed E-state index contributed by atoms with van der Waals surface area (Å²) in [5.74, 6) is -0.343. The Balaban J connectivity index is 3.01. The number of ether oxygens (including phenoxy) is 1. The van der Waals surface area contributed by atoms with E-state index in [-0.39, 0.29) is 11.9 Å². The van der Waals surface area contributed by atoms with E-state index in [2.05, 4.69) is 4.98 Å². The third kappa shape index (κ3) is 2.10. The number of nitrogens with zero attached hydrogens (tertiary/aromatic N) is 1. The number of esters is 1. The predicted octanol–water partition coefficient (Wildman–Crippen LogP) is 2.06. The van der Waals surface area contributed by atoms with E-state index < -0.39 is 0 Å². The second kappa shape index (κ2) is 4.74. The van der Waals surface area contributed by atoms with Gasteiger partial charge in [0, 0.05) is 12.4 Å². The molecule has 3 heteroatoms. The minimum absolute atomic E-state index is 0.164. The van der Waals surface area contributed by atoms with E-state index >= 15 is 0 Å². The maximum absolute atomic E-state index is 11.5. The van der Waals surface area contributed by atoms with Crippen molar-refractivity contribution in [2.45, 2.75) is 26.2 Å². The van der Waals surface area contributed by atoms with E-state index in [1.165, 1.54) is 7.11 Å². The first-order chi connectivity index (χ1) is 6.70.